The Labute approximate surface area is 126 Å². The molecule has 1 atom stereocenters. The molecule has 0 bridgehead atoms. The highest BCUT2D eigenvalue weighted by Crippen LogP contribution is 2.20. The van der Waals surface area contributed by atoms with E-state index in [-0.39, 0.29) is 11.8 Å². The fourth-order valence-electron chi connectivity index (χ4n) is 2.15. The third-order valence-corrected chi connectivity index (χ3v) is 4.03. The van der Waals surface area contributed by atoms with E-state index in [1.54, 1.807) is 17.4 Å². The number of hydrogen-bond donors (Lipinski definition) is 1. The van der Waals surface area contributed by atoms with Gasteiger partial charge in [-0.1, -0.05) is 6.07 Å². The van der Waals surface area contributed by atoms with E-state index in [1.165, 1.54) is 0 Å². The monoisotopic (exact) mass is 301 g/mol. The number of nitrogens with zero attached hydrogens (tertiary/aromatic N) is 2. The number of thiophene rings is 1. The minimum atomic E-state index is 0.187. The molecule has 0 aliphatic carbocycles. The molecule has 0 unspecified atom stereocenters. The lowest BCUT2D eigenvalue weighted by Crippen LogP contribution is -2.18. The zero-order valence-electron chi connectivity index (χ0n) is 11.4. The Morgan fingerprint density at radius 2 is 2.48 bits per heavy atom. The van der Waals surface area contributed by atoms with E-state index < -0.39 is 0 Å². The van der Waals surface area contributed by atoms with Crippen LogP contribution in [0.2, 0.25) is 0 Å². The van der Waals surface area contributed by atoms with Crippen molar-refractivity contribution in [1.82, 2.24) is 4.98 Å². The molecule has 2 aromatic heterocycles. The fourth-order valence-corrected chi connectivity index (χ4v) is 2.77. The van der Waals surface area contributed by atoms with Crippen LogP contribution in [0.3, 0.4) is 0 Å². The average molecular weight is 301 g/mol. The molecule has 1 saturated heterocycles. The van der Waals surface area contributed by atoms with Crippen LogP contribution in [0.25, 0.3) is 12.2 Å². The SMILES string of the molecule is N#Cc1nc(/C=C/c2cccs2)oc1NC[C@@H]1CCCO1. The maximum Gasteiger partial charge on any atom is 0.232 e. The van der Waals surface area contributed by atoms with Crippen LogP contribution in [-0.2, 0) is 4.74 Å². The van der Waals surface area contributed by atoms with Crippen LogP contribution < -0.4 is 5.32 Å². The van der Waals surface area contributed by atoms with Crippen LogP contribution in [0.4, 0.5) is 5.88 Å². The molecule has 0 saturated carbocycles. The van der Waals surface area contributed by atoms with Crippen LogP contribution in [0, 0.1) is 11.3 Å². The minimum Gasteiger partial charge on any atom is -0.420 e. The third-order valence-electron chi connectivity index (χ3n) is 3.20. The molecule has 6 heteroatoms. The largest absolute Gasteiger partial charge is 0.420 e. The van der Waals surface area contributed by atoms with E-state index in [9.17, 15) is 0 Å². The first kappa shape index (κ1) is 13.9. The van der Waals surface area contributed by atoms with Crippen molar-refractivity contribution in [1.29, 1.82) is 5.26 Å². The predicted octanol–water partition coefficient (Wildman–Crippen LogP) is 3.37. The Morgan fingerprint density at radius 3 is 3.19 bits per heavy atom. The van der Waals surface area contributed by atoms with Crippen molar-refractivity contribution in [3.8, 4) is 6.07 Å². The van der Waals surface area contributed by atoms with Crippen LogP contribution in [0.1, 0.15) is 29.3 Å². The summed E-state index contributed by atoms with van der Waals surface area (Å²) in [5, 5.41) is 14.2. The fraction of sp³-hybridized carbons (Fsp3) is 0.333. The Bertz CT molecular complexity index is 649. The second-order valence-electron chi connectivity index (χ2n) is 4.71. The molecule has 0 spiro atoms. The quantitative estimate of drug-likeness (QED) is 0.916. The molecule has 3 heterocycles. The molecule has 5 nitrogen and oxygen atoms in total. The summed E-state index contributed by atoms with van der Waals surface area (Å²) in [6, 6.07) is 6.03. The number of nitriles is 1. The van der Waals surface area contributed by atoms with Crippen molar-refractivity contribution >= 4 is 29.4 Å². The molecule has 1 N–H and O–H groups in total. The van der Waals surface area contributed by atoms with Crippen molar-refractivity contribution in [3.63, 3.8) is 0 Å². The van der Waals surface area contributed by atoms with Crippen molar-refractivity contribution < 1.29 is 9.15 Å². The van der Waals surface area contributed by atoms with Crippen LogP contribution >= 0.6 is 11.3 Å². The highest BCUT2D eigenvalue weighted by molar-refractivity contribution is 7.10. The Kier molecular flexibility index (Phi) is 4.34. The minimum absolute atomic E-state index is 0.187. The molecule has 3 rings (SSSR count). The number of anilines is 1. The molecule has 1 aliphatic heterocycles. The van der Waals surface area contributed by atoms with Gasteiger partial charge in [0.25, 0.3) is 0 Å². The lowest BCUT2D eigenvalue weighted by molar-refractivity contribution is 0.120. The molecule has 1 fully saturated rings. The van der Waals surface area contributed by atoms with E-state index in [2.05, 4.69) is 10.3 Å². The molecular weight excluding hydrogens is 286 g/mol. The van der Waals surface area contributed by atoms with Crippen LogP contribution in [0.5, 0.6) is 0 Å². The summed E-state index contributed by atoms with van der Waals surface area (Å²) in [5.74, 6) is 0.841. The van der Waals surface area contributed by atoms with Gasteiger partial charge in [-0.05, 0) is 30.4 Å². The first-order chi connectivity index (χ1) is 10.3. The molecule has 108 valence electrons. The number of ether oxygens (including phenoxy) is 1. The summed E-state index contributed by atoms with van der Waals surface area (Å²) in [7, 11) is 0. The summed E-state index contributed by atoms with van der Waals surface area (Å²) in [6.45, 7) is 1.45. The zero-order valence-corrected chi connectivity index (χ0v) is 12.2. The average Bonchev–Trinajstić information content (AvgIpc) is 3.23. The summed E-state index contributed by atoms with van der Waals surface area (Å²) in [6.07, 6.45) is 5.99. The maximum atomic E-state index is 9.11. The number of nitrogens with one attached hydrogen (secondary N) is 1. The third kappa shape index (κ3) is 3.51. The molecule has 0 amide bonds. The highest BCUT2D eigenvalue weighted by Gasteiger charge is 2.17. The van der Waals surface area contributed by atoms with Crippen LogP contribution in [-0.4, -0.2) is 24.2 Å². The van der Waals surface area contributed by atoms with Crippen molar-refractivity contribution in [3.05, 3.63) is 34.0 Å². The lowest BCUT2D eigenvalue weighted by atomic mass is 10.2. The van der Waals surface area contributed by atoms with Gasteiger partial charge in [0, 0.05) is 24.1 Å². The number of hydrogen-bond acceptors (Lipinski definition) is 6. The van der Waals surface area contributed by atoms with E-state index >= 15 is 0 Å². The van der Waals surface area contributed by atoms with Crippen molar-refractivity contribution in [2.24, 2.45) is 0 Å². The molecule has 1 aliphatic rings. The Hall–Kier alpha value is -2.10. The van der Waals surface area contributed by atoms with E-state index in [4.69, 9.17) is 14.4 Å². The van der Waals surface area contributed by atoms with E-state index in [1.807, 2.05) is 29.7 Å². The molecule has 2 aromatic rings. The topological polar surface area (TPSA) is 71.1 Å². The number of rotatable bonds is 5. The lowest BCUT2D eigenvalue weighted by Gasteiger charge is -2.09. The number of aromatic nitrogens is 1. The second-order valence-corrected chi connectivity index (χ2v) is 5.69. The molecular formula is C15H15N3O2S. The summed E-state index contributed by atoms with van der Waals surface area (Å²) in [5.41, 5.74) is 0.277. The van der Waals surface area contributed by atoms with Gasteiger partial charge in [-0.3, -0.25) is 0 Å². The van der Waals surface area contributed by atoms with Gasteiger partial charge in [-0.15, -0.1) is 11.3 Å². The smallest absolute Gasteiger partial charge is 0.232 e. The van der Waals surface area contributed by atoms with Crippen molar-refractivity contribution in [2.75, 3.05) is 18.5 Å². The second kappa shape index (κ2) is 6.57. The Morgan fingerprint density at radius 1 is 1.52 bits per heavy atom. The summed E-state index contributed by atoms with van der Waals surface area (Å²) in [4.78, 5) is 5.27. The normalized spacial score (nSPS) is 18.1. The van der Waals surface area contributed by atoms with Crippen LogP contribution in [0.15, 0.2) is 21.9 Å². The maximum absolute atomic E-state index is 9.11. The summed E-state index contributed by atoms with van der Waals surface area (Å²) < 4.78 is 11.1. The zero-order chi connectivity index (χ0) is 14.5. The molecule has 0 radical (unpaired) electrons. The van der Waals surface area contributed by atoms with Gasteiger partial charge in [0.2, 0.25) is 17.5 Å². The van der Waals surface area contributed by atoms with Gasteiger partial charge in [0.05, 0.1) is 6.10 Å². The first-order valence-corrected chi connectivity index (χ1v) is 7.71. The Balaban J connectivity index is 1.67. The molecule has 21 heavy (non-hydrogen) atoms. The van der Waals surface area contributed by atoms with E-state index in [0.29, 0.717) is 18.3 Å². The van der Waals surface area contributed by atoms with Gasteiger partial charge in [0.15, 0.2) is 0 Å². The van der Waals surface area contributed by atoms with Gasteiger partial charge >= 0.3 is 0 Å². The van der Waals surface area contributed by atoms with E-state index in [0.717, 1.165) is 24.3 Å². The summed E-state index contributed by atoms with van der Waals surface area (Å²) >= 11 is 1.63. The number of oxazole rings is 1. The molecule has 0 aromatic carbocycles. The van der Waals surface area contributed by atoms with Gasteiger partial charge in [-0.2, -0.15) is 10.2 Å². The highest BCUT2D eigenvalue weighted by atomic mass is 32.1. The van der Waals surface area contributed by atoms with Gasteiger partial charge in [0.1, 0.15) is 6.07 Å². The predicted molar refractivity (Wildman–Crippen MR) is 81.9 cm³/mol. The standard InChI is InChI=1S/C15H15N3O2S/c16-9-13-15(17-10-11-3-1-7-19-11)20-14(18-13)6-5-12-4-2-8-21-12/h2,4-6,8,11,17H,1,3,7,10H2/b6-5+/t11-/m0/s1. The van der Waals surface area contributed by atoms with Crippen molar-refractivity contribution in [2.45, 2.75) is 18.9 Å². The first-order valence-electron chi connectivity index (χ1n) is 6.83. The van der Waals surface area contributed by atoms with Gasteiger partial charge in [-0.25, -0.2) is 0 Å². The van der Waals surface area contributed by atoms with Gasteiger partial charge < -0.3 is 14.5 Å².